The fourth-order valence-corrected chi connectivity index (χ4v) is 2.32. The second kappa shape index (κ2) is 6.39. The zero-order valence-electron chi connectivity index (χ0n) is 12.9. The van der Waals surface area contributed by atoms with Crippen molar-refractivity contribution in [2.75, 3.05) is 25.8 Å². The van der Waals surface area contributed by atoms with E-state index in [1.807, 2.05) is 36.4 Å². The van der Waals surface area contributed by atoms with Gasteiger partial charge in [0.15, 0.2) is 18.1 Å². The van der Waals surface area contributed by atoms with Crippen molar-refractivity contribution in [2.45, 2.75) is 0 Å². The number of amides is 1. The van der Waals surface area contributed by atoms with Gasteiger partial charge in [0.2, 0.25) is 5.90 Å². The number of hydrogen-bond acceptors (Lipinski definition) is 5. The van der Waals surface area contributed by atoms with E-state index >= 15 is 0 Å². The molecule has 118 valence electrons. The number of para-hydroxylation sites is 2. The maximum Gasteiger partial charge on any atom is 0.285 e. The van der Waals surface area contributed by atoms with Crippen molar-refractivity contribution >= 4 is 17.5 Å². The zero-order chi connectivity index (χ0) is 16.2. The van der Waals surface area contributed by atoms with E-state index in [1.54, 1.807) is 26.4 Å². The summed E-state index contributed by atoms with van der Waals surface area (Å²) in [4.78, 5) is 12.1. The number of carbonyl (C=O) groups excluding carboxylic acids is 1. The smallest absolute Gasteiger partial charge is 0.285 e. The van der Waals surface area contributed by atoms with Gasteiger partial charge in [-0.25, -0.2) is 0 Å². The van der Waals surface area contributed by atoms with Gasteiger partial charge in [0.1, 0.15) is 0 Å². The molecule has 1 aliphatic rings. The molecule has 0 atom stereocenters. The van der Waals surface area contributed by atoms with E-state index in [0.717, 1.165) is 0 Å². The maximum absolute atomic E-state index is 12.1. The highest BCUT2D eigenvalue weighted by atomic mass is 16.5. The molecule has 2 aromatic rings. The molecule has 3 rings (SSSR count). The van der Waals surface area contributed by atoms with E-state index in [9.17, 15) is 4.79 Å². The molecule has 1 aliphatic heterocycles. The molecule has 0 saturated heterocycles. The third-order valence-electron chi connectivity index (χ3n) is 3.39. The normalized spacial score (nSPS) is 14.1. The predicted molar refractivity (Wildman–Crippen MR) is 86.0 cm³/mol. The van der Waals surface area contributed by atoms with Crippen molar-refractivity contribution in [3.63, 3.8) is 0 Å². The number of methoxy groups -OCH3 is 2. The summed E-state index contributed by atoms with van der Waals surface area (Å²) < 4.78 is 16.2. The van der Waals surface area contributed by atoms with E-state index in [4.69, 9.17) is 14.2 Å². The van der Waals surface area contributed by atoms with Gasteiger partial charge in [-0.05, 0) is 24.3 Å². The van der Waals surface area contributed by atoms with Crippen LogP contribution in [0.1, 0.15) is 5.56 Å². The Morgan fingerprint density at radius 3 is 2.52 bits per heavy atom. The average molecular weight is 312 g/mol. The van der Waals surface area contributed by atoms with Gasteiger partial charge in [0.25, 0.3) is 5.91 Å². The fourth-order valence-electron chi connectivity index (χ4n) is 2.32. The first-order chi connectivity index (χ1) is 11.2. The van der Waals surface area contributed by atoms with Crippen LogP contribution in [0.4, 0.5) is 5.69 Å². The van der Waals surface area contributed by atoms with Crippen LogP contribution in [0.25, 0.3) is 0 Å². The monoisotopic (exact) mass is 312 g/mol. The van der Waals surface area contributed by atoms with Gasteiger partial charge in [-0.2, -0.15) is 5.01 Å². The van der Waals surface area contributed by atoms with Crippen LogP contribution in [0.3, 0.4) is 0 Å². The number of hydrogen-bond donors (Lipinski definition) is 0. The Morgan fingerprint density at radius 2 is 1.83 bits per heavy atom. The molecular weight excluding hydrogens is 296 g/mol. The first kappa shape index (κ1) is 14.9. The van der Waals surface area contributed by atoms with E-state index in [1.165, 1.54) is 5.01 Å². The van der Waals surface area contributed by atoms with Gasteiger partial charge in [-0.15, -0.1) is 5.10 Å². The molecule has 0 aromatic heterocycles. The van der Waals surface area contributed by atoms with Crippen LogP contribution in [-0.2, 0) is 9.53 Å². The molecule has 1 amide bonds. The van der Waals surface area contributed by atoms with Gasteiger partial charge in [-0.1, -0.05) is 24.3 Å². The Kier molecular flexibility index (Phi) is 4.14. The first-order valence-corrected chi connectivity index (χ1v) is 7.05. The first-order valence-electron chi connectivity index (χ1n) is 7.05. The molecule has 6 heteroatoms. The highest BCUT2D eigenvalue weighted by Gasteiger charge is 2.26. The quantitative estimate of drug-likeness (QED) is 0.870. The molecule has 2 aromatic carbocycles. The minimum absolute atomic E-state index is 0.0892. The summed E-state index contributed by atoms with van der Waals surface area (Å²) >= 11 is 0. The molecular formula is C17H16N2O4. The lowest BCUT2D eigenvalue weighted by molar-refractivity contribution is -0.121. The van der Waals surface area contributed by atoms with Crippen LogP contribution < -0.4 is 14.5 Å². The Morgan fingerprint density at radius 1 is 1.04 bits per heavy atom. The topological polar surface area (TPSA) is 60.4 Å². The molecule has 0 aliphatic carbocycles. The molecule has 0 bridgehead atoms. The summed E-state index contributed by atoms with van der Waals surface area (Å²) in [7, 11) is 3.11. The maximum atomic E-state index is 12.1. The average Bonchev–Trinajstić information content (AvgIpc) is 2.62. The van der Waals surface area contributed by atoms with Crippen LogP contribution in [0.5, 0.6) is 11.5 Å². The summed E-state index contributed by atoms with van der Waals surface area (Å²) in [5.41, 5.74) is 1.31. The van der Waals surface area contributed by atoms with E-state index in [2.05, 4.69) is 5.10 Å². The summed E-state index contributed by atoms with van der Waals surface area (Å²) in [5.74, 6) is 1.15. The molecule has 0 unspecified atom stereocenters. The van der Waals surface area contributed by atoms with Gasteiger partial charge in [0, 0.05) is 0 Å². The summed E-state index contributed by atoms with van der Waals surface area (Å²) in [6, 6.07) is 14.6. The molecule has 0 N–H and O–H groups in total. The highest BCUT2D eigenvalue weighted by molar-refractivity contribution is 6.05. The molecule has 0 saturated carbocycles. The minimum Gasteiger partial charge on any atom is -0.493 e. The zero-order valence-corrected chi connectivity index (χ0v) is 12.9. The van der Waals surface area contributed by atoms with Crippen molar-refractivity contribution in [1.82, 2.24) is 0 Å². The Balaban J connectivity index is 2.05. The number of carbonyl (C=O) groups is 1. The van der Waals surface area contributed by atoms with Gasteiger partial charge < -0.3 is 14.2 Å². The molecule has 1 heterocycles. The van der Waals surface area contributed by atoms with E-state index in [0.29, 0.717) is 28.6 Å². The minimum atomic E-state index is -0.234. The third-order valence-corrected chi connectivity index (χ3v) is 3.39. The summed E-state index contributed by atoms with van der Waals surface area (Å²) in [5, 5.41) is 5.66. The Hall–Kier alpha value is -3.02. The number of hydrazone groups is 1. The summed E-state index contributed by atoms with van der Waals surface area (Å²) in [6.45, 7) is -0.0892. The van der Waals surface area contributed by atoms with Crippen molar-refractivity contribution in [3.8, 4) is 11.5 Å². The van der Waals surface area contributed by atoms with Crippen molar-refractivity contribution in [1.29, 1.82) is 0 Å². The van der Waals surface area contributed by atoms with Gasteiger partial charge in [0.05, 0.1) is 25.5 Å². The number of benzene rings is 2. The Labute approximate surface area is 133 Å². The second-order valence-electron chi connectivity index (χ2n) is 4.78. The molecule has 23 heavy (non-hydrogen) atoms. The lowest BCUT2D eigenvalue weighted by Gasteiger charge is -2.24. The molecule has 0 fully saturated rings. The van der Waals surface area contributed by atoms with Crippen LogP contribution >= 0.6 is 0 Å². The molecule has 0 spiro atoms. The molecule has 0 radical (unpaired) electrons. The number of rotatable bonds is 4. The third kappa shape index (κ3) is 2.83. The van der Waals surface area contributed by atoms with Crippen molar-refractivity contribution in [3.05, 3.63) is 54.1 Å². The largest absolute Gasteiger partial charge is 0.493 e. The fraction of sp³-hybridized carbons (Fsp3) is 0.176. The van der Waals surface area contributed by atoms with Crippen LogP contribution in [0.15, 0.2) is 53.6 Å². The molecule has 6 nitrogen and oxygen atoms in total. The van der Waals surface area contributed by atoms with E-state index in [-0.39, 0.29) is 12.5 Å². The lowest BCUT2D eigenvalue weighted by Crippen LogP contribution is -2.36. The van der Waals surface area contributed by atoms with Gasteiger partial charge >= 0.3 is 0 Å². The van der Waals surface area contributed by atoms with Crippen LogP contribution in [0, 0.1) is 0 Å². The Bertz CT molecular complexity index is 744. The van der Waals surface area contributed by atoms with Crippen LogP contribution in [0.2, 0.25) is 0 Å². The summed E-state index contributed by atoms with van der Waals surface area (Å²) in [6.07, 6.45) is 0. The van der Waals surface area contributed by atoms with Crippen molar-refractivity contribution < 1.29 is 19.0 Å². The van der Waals surface area contributed by atoms with Crippen LogP contribution in [-0.4, -0.2) is 32.6 Å². The van der Waals surface area contributed by atoms with E-state index < -0.39 is 0 Å². The standard InChI is InChI=1S/C17H16N2O4/c1-21-14-10-6-9-13(16(14)22-2)17-18-19(15(20)11-23-17)12-7-4-3-5-8-12/h3-10H,11H2,1-2H3. The SMILES string of the molecule is COc1cccc(C2=NN(c3ccccc3)C(=O)CO2)c1OC. The number of ether oxygens (including phenoxy) is 3. The second-order valence-corrected chi connectivity index (χ2v) is 4.78. The van der Waals surface area contributed by atoms with Crippen molar-refractivity contribution in [2.24, 2.45) is 5.10 Å². The van der Waals surface area contributed by atoms with Gasteiger partial charge in [-0.3, -0.25) is 4.79 Å². The highest BCUT2D eigenvalue weighted by Crippen LogP contribution is 2.32. The predicted octanol–water partition coefficient (Wildman–Crippen LogP) is 2.43. The number of anilines is 1. The number of nitrogens with zero attached hydrogens (tertiary/aromatic N) is 2. The lowest BCUT2D eigenvalue weighted by atomic mass is 10.1.